The first-order chi connectivity index (χ1) is 12.7. The number of hydrogen-bond acceptors (Lipinski definition) is 5. The third-order valence-electron chi connectivity index (χ3n) is 3.29. The number of benzene rings is 1. The predicted octanol–water partition coefficient (Wildman–Crippen LogP) is 4.33. The molecular formula is C20H18ClN3O2. The highest BCUT2D eigenvalue weighted by Crippen LogP contribution is 2.26. The summed E-state index contributed by atoms with van der Waals surface area (Å²) in [5.41, 5.74) is 1.77. The van der Waals surface area contributed by atoms with E-state index in [0.29, 0.717) is 30.4 Å². The minimum Gasteiger partial charge on any atom is -0.419 e. The van der Waals surface area contributed by atoms with E-state index in [0.717, 1.165) is 5.56 Å². The van der Waals surface area contributed by atoms with E-state index in [4.69, 9.17) is 26.0 Å². The van der Waals surface area contributed by atoms with Crippen LogP contribution in [0.3, 0.4) is 0 Å². The summed E-state index contributed by atoms with van der Waals surface area (Å²) in [7, 11) is 0. The number of oxazole rings is 1. The quantitative estimate of drug-likeness (QED) is 0.448. The lowest BCUT2D eigenvalue weighted by molar-refractivity contribution is 0.153. The summed E-state index contributed by atoms with van der Waals surface area (Å²) in [6.07, 6.45) is 1.53. The van der Waals surface area contributed by atoms with E-state index in [1.165, 1.54) is 6.08 Å². The molecule has 0 saturated carbocycles. The van der Waals surface area contributed by atoms with Gasteiger partial charge in [-0.1, -0.05) is 66.4 Å². The number of halogens is 1. The van der Waals surface area contributed by atoms with E-state index in [1.807, 2.05) is 36.4 Å². The number of nitrogens with one attached hydrogen (secondary N) is 1. The zero-order valence-electron chi connectivity index (χ0n) is 14.4. The molecule has 132 valence electrons. The van der Waals surface area contributed by atoms with Gasteiger partial charge in [0.2, 0.25) is 17.5 Å². The molecule has 5 nitrogen and oxygen atoms in total. The zero-order valence-corrected chi connectivity index (χ0v) is 15.1. The Hall–Kier alpha value is -2.99. The van der Waals surface area contributed by atoms with E-state index in [9.17, 15) is 0 Å². The third kappa shape index (κ3) is 5.53. The van der Waals surface area contributed by atoms with Crippen LogP contribution < -0.4 is 5.32 Å². The maximum atomic E-state index is 9.16. The first kappa shape index (κ1) is 19.3. The standard InChI is InChI=1S/C20H18ClN3O2/c1-3-17(15(2)21)19-24-18(13-22)20(26-19)23-11-7-8-12-25-14-16-9-5-4-6-10-16/h3-6,9-10,23H,1,11-12,14H2,2H3/b17-15-. The van der Waals surface area contributed by atoms with Gasteiger partial charge in [-0.05, 0) is 12.5 Å². The van der Waals surface area contributed by atoms with E-state index in [1.54, 1.807) is 6.92 Å². The lowest BCUT2D eigenvalue weighted by atomic mass is 10.2. The normalized spacial score (nSPS) is 11.0. The second-order valence-corrected chi connectivity index (χ2v) is 5.71. The third-order valence-corrected chi connectivity index (χ3v) is 3.49. The number of allylic oxidation sites excluding steroid dienone is 3. The minimum atomic E-state index is 0.138. The Balaban J connectivity index is 1.86. The number of anilines is 1. The molecule has 1 heterocycles. The number of nitriles is 1. The monoisotopic (exact) mass is 367 g/mol. The van der Waals surface area contributed by atoms with E-state index < -0.39 is 0 Å². The number of hydrogen-bond donors (Lipinski definition) is 1. The van der Waals surface area contributed by atoms with Crippen molar-refractivity contribution in [3.8, 4) is 17.9 Å². The summed E-state index contributed by atoms with van der Waals surface area (Å²) in [6, 6.07) is 11.8. The molecule has 0 aliphatic heterocycles. The first-order valence-corrected chi connectivity index (χ1v) is 8.25. The van der Waals surface area contributed by atoms with Crippen molar-refractivity contribution in [2.24, 2.45) is 0 Å². The molecule has 0 aliphatic rings. The second-order valence-electron chi connectivity index (χ2n) is 5.15. The summed E-state index contributed by atoms with van der Waals surface area (Å²) < 4.78 is 11.0. The van der Waals surface area contributed by atoms with Crippen LogP contribution in [0.25, 0.3) is 5.57 Å². The topological polar surface area (TPSA) is 71.1 Å². The molecule has 2 aromatic rings. The van der Waals surface area contributed by atoms with E-state index in [2.05, 4.69) is 28.7 Å². The van der Waals surface area contributed by atoms with Gasteiger partial charge in [0.1, 0.15) is 12.7 Å². The van der Waals surface area contributed by atoms with Crippen molar-refractivity contribution in [2.75, 3.05) is 18.5 Å². The molecule has 6 heteroatoms. The molecule has 0 amide bonds. The lowest BCUT2D eigenvalue weighted by Crippen LogP contribution is -2.00. The highest BCUT2D eigenvalue weighted by molar-refractivity contribution is 6.32. The van der Waals surface area contributed by atoms with Gasteiger partial charge in [-0.25, -0.2) is 0 Å². The van der Waals surface area contributed by atoms with E-state index >= 15 is 0 Å². The van der Waals surface area contributed by atoms with Crippen molar-refractivity contribution < 1.29 is 9.15 Å². The average Bonchev–Trinajstić information content (AvgIpc) is 3.05. The minimum absolute atomic E-state index is 0.138. The summed E-state index contributed by atoms with van der Waals surface area (Å²) in [5.74, 6) is 6.29. The maximum Gasteiger partial charge on any atom is 0.233 e. The van der Waals surface area contributed by atoms with Crippen LogP contribution in [0.5, 0.6) is 0 Å². The number of aromatic nitrogens is 1. The second kappa shape index (κ2) is 10.1. The fourth-order valence-corrected chi connectivity index (χ4v) is 2.20. The van der Waals surface area contributed by atoms with Crippen LogP contribution in [0.2, 0.25) is 0 Å². The maximum absolute atomic E-state index is 9.16. The van der Waals surface area contributed by atoms with Crippen LogP contribution >= 0.6 is 11.6 Å². The molecule has 0 bridgehead atoms. The van der Waals surface area contributed by atoms with Crippen molar-refractivity contribution in [2.45, 2.75) is 13.5 Å². The smallest absolute Gasteiger partial charge is 0.233 e. The van der Waals surface area contributed by atoms with Crippen molar-refractivity contribution in [1.82, 2.24) is 4.98 Å². The van der Waals surface area contributed by atoms with Crippen LogP contribution in [0.15, 0.2) is 52.4 Å². The Bertz CT molecular complexity index is 879. The largest absolute Gasteiger partial charge is 0.419 e. The Morgan fingerprint density at radius 2 is 2.15 bits per heavy atom. The highest BCUT2D eigenvalue weighted by Gasteiger charge is 2.15. The summed E-state index contributed by atoms with van der Waals surface area (Å²) >= 11 is 5.97. The van der Waals surface area contributed by atoms with Gasteiger partial charge in [0.05, 0.1) is 18.7 Å². The Labute approximate surface area is 157 Å². The zero-order chi connectivity index (χ0) is 18.8. The summed E-state index contributed by atoms with van der Waals surface area (Å²) in [5, 5.41) is 12.6. The fourth-order valence-electron chi connectivity index (χ4n) is 2.04. The van der Waals surface area contributed by atoms with Gasteiger partial charge in [-0.15, -0.1) is 0 Å². The predicted molar refractivity (Wildman–Crippen MR) is 102 cm³/mol. The van der Waals surface area contributed by atoms with Gasteiger partial charge in [0.25, 0.3) is 0 Å². The number of nitrogens with zero attached hydrogens (tertiary/aromatic N) is 2. The molecule has 26 heavy (non-hydrogen) atoms. The average molecular weight is 368 g/mol. The van der Waals surface area contributed by atoms with Crippen LogP contribution in [0, 0.1) is 23.2 Å². The summed E-state index contributed by atoms with van der Waals surface area (Å²) in [6.45, 7) is 6.49. The SMILES string of the molecule is C=C/C(=C(\C)Cl)c1nc(C#N)c(NCC#CCOCc2ccccc2)o1. The van der Waals surface area contributed by atoms with Crippen molar-refractivity contribution in [3.63, 3.8) is 0 Å². The van der Waals surface area contributed by atoms with Gasteiger partial charge in [0.15, 0.2) is 0 Å². The molecule has 1 aromatic carbocycles. The highest BCUT2D eigenvalue weighted by atomic mass is 35.5. The first-order valence-electron chi connectivity index (χ1n) is 7.87. The Morgan fingerprint density at radius 3 is 2.81 bits per heavy atom. The molecule has 0 fully saturated rings. The van der Waals surface area contributed by atoms with Crippen LogP contribution in [-0.4, -0.2) is 18.1 Å². The summed E-state index contributed by atoms with van der Waals surface area (Å²) in [4.78, 5) is 4.11. The lowest BCUT2D eigenvalue weighted by Gasteiger charge is -1.99. The molecule has 0 spiro atoms. The van der Waals surface area contributed by atoms with Gasteiger partial charge in [-0.2, -0.15) is 10.2 Å². The number of ether oxygens (including phenoxy) is 1. The Morgan fingerprint density at radius 1 is 1.38 bits per heavy atom. The van der Waals surface area contributed by atoms with Gasteiger partial charge >= 0.3 is 0 Å². The molecule has 2 rings (SSSR count). The van der Waals surface area contributed by atoms with Gasteiger partial charge in [-0.3, -0.25) is 0 Å². The molecule has 0 saturated heterocycles. The van der Waals surface area contributed by atoms with Crippen LogP contribution in [0.4, 0.5) is 5.88 Å². The molecule has 1 N–H and O–H groups in total. The van der Waals surface area contributed by atoms with Crippen LogP contribution in [0.1, 0.15) is 24.1 Å². The van der Waals surface area contributed by atoms with Crippen LogP contribution in [-0.2, 0) is 11.3 Å². The van der Waals surface area contributed by atoms with E-state index in [-0.39, 0.29) is 17.5 Å². The fraction of sp³-hybridized carbons (Fsp3) is 0.200. The molecule has 0 radical (unpaired) electrons. The Kier molecular flexibility index (Phi) is 7.51. The molecule has 0 aliphatic carbocycles. The molecular weight excluding hydrogens is 350 g/mol. The van der Waals surface area contributed by atoms with Crippen molar-refractivity contribution in [1.29, 1.82) is 5.26 Å². The molecule has 1 aromatic heterocycles. The number of rotatable bonds is 7. The van der Waals surface area contributed by atoms with Crippen molar-refractivity contribution in [3.05, 3.63) is 65.2 Å². The molecule has 0 unspecified atom stereocenters. The van der Waals surface area contributed by atoms with Gasteiger partial charge in [0, 0.05) is 5.03 Å². The van der Waals surface area contributed by atoms with Gasteiger partial charge < -0.3 is 14.5 Å². The molecule has 0 atom stereocenters. The van der Waals surface area contributed by atoms with Crippen molar-refractivity contribution >= 4 is 23.1 Å².